The van der Waals surface area contributed by atoms with Crippen LogP contribution in [-0.4, -0.2) is 23.6 Å². The first-order chi connectivity index (χ1) is 9.45. The lowest BCUT2D eigenvalue weighted by Crippen LogP contribution is -2.62. The summed E-state index contributed by atoms with van der Waals surface area (Å²) >= 11 is 0. The maximum atomic E-state index is 10.8. The summed E-state index contributed by atoms with van der Waals surface area (Å²) in [5.41, 5.74) is 0.111. The van der Waals surface area contributed by atoms with Crippen LogP contribution in [0.25, 0.3) is 0 Å². The van der Waals surface area contributed by atoms with Crippen LogP contribution in [-0.2, 0) is 0 Å². The molecule has 0 heterocycles. The molecule has 0 aromatic heterocycles. The highest BCUT2D eigenvalue weighted by atomic mass is 16.6. The lowest BCUT2D eigenvalue weighted by molar-refractivity contribution is -0.385. The lowest BCUT2D eigenvalue weighted by atomic mass is 9.64. The van der Waals surface area contributed by atoms with E-state index in [-0.39, 0.29) is 17.2 Å². The van der Waals surface area contributed by atoms with E-state index in [1.54, 1.807) is 12.1 Å². The SMILES string of the molecule is CCCNC1CC(Oc2cccc([N+](=O)[O-])c2)C1(C)C. The molecule has 1 aromatic carbocycles. The van der Waals surface area contributed by atoms with Gasteiger partial charge in [0.05, 0.1) is 11.0 Å². The van der Waals surface area contributed by atoms with E-state index in [0.717, 1.165) is 19.4 Å². The Hall–Kier alpha value is -1.62. The minimum absolute atomic E-state index is 0.0415. The minimum atomic E-state index is -0.398. The van der Waals surface area contributed by atoms with Gasteiger partial charge in [-0.15, -0.1) is 0 Å². The number of hydrogen-bond acceptors (Lipinski definition) is 4. The Balaban J connectivity index is 1.98. The van der Waals surface area contributed by atoms with Crippen LogP contribution in [0.1, 0.15) is 33.6 Å². The molecule has 2 unspecified atom stereocenters. The van der Waals surface area contributed by atoms with Gasteiger partial charge >= 0.3 is 0 Å². The lowest BCUT2D eigenvalue weighted by Gasteiger charge is -2.51. The Morgan fingerprint density at radius 3 is 2.85 bits per heavy atom. The molecular weight excluding hydrogens is 256 g/mol. The van der Waals surface area contributed by atoms with Crippen molar-refractivity contribution in [1.82, 2.24) is 5.32 Å². The Morgan fingerprint density at radius 1 is 1.50 bits per heavy atom. The molecule has 1 N–H and O–H groups in total. The second-order valence-corrected chi connectivity index (χ2v) is 5.92. The Morgan fingerprint density at radius 2 is 2.25 bits per heavy atom. The molecule has 0 amide bonds. The number of nitro groups is 1. The summed E-state index contributed by atoms with van der Waals surface area (Å²) in [4.78, 5) is 10.4. The molecule has 110 valence electrons. The average molecular weight is 278 g/mol. The van der Waals surface area contributed by atoms with Gasteiger partial charge in [-0.2, -0.15) is 0 Å². The van der Waals surface area contributed by atoms with Crippen molar-refractivity contribution in [2.75, 3.05) is 6.54 Å². The molecule has 1 aliphatic carbocycles. The van der Waals surface area contributed by atoms with Gasteiger partial charge in [-0.1, -0.05) is 26.8 Å². The van der Waals surface area contributed by atoms with Crippen LogP contribution in [0.5, 0.6) is 5.75 Å². The van der Waals surface area contributed by atoms with Crippen LogP contribution in [0, 0.1) is 15.5 Å². The van der Waals surface area contributed by atoms with Gasteiger partial charge in [-0.05, 0) is 19.0 Å². The normalized spacial score (nSPS) is 23.9. The summed E-state index contributed by atoms with van der Waals surface area (Å²) in [6.45, 7) is 7.51. The largest absolute Gasteiger partial charge is 0.489 e. The highest BCUT2D eigenvalue weighted by Crippen LogP contribution is 2.43. The maximum Gasteiger partial charge on any atom is 0.273 e. The molecule has 0 spiro atoms. The van der Waals surface area contributed by atoms with Gasteiger partial charge in [-0.25, -0.2) is 0 Å². The third-order valence-electron chi connectivity index (χ3n) is 4.13. The van der Waals surface area contributed by atoms with Crippen LogP contribution in [0.4, 0.5) is 5.69 Å². The van der Waals surface area contributed by atoms with Gasteiger partial charge in [0.2, 0.25) is 0 Å². The van der Waals surface area contributed by atoms with Crippen LogP contribution < -0.4 is 10.1 Å². The summed E-state index contributed by atoms with van der Waals surface area (Å²) in [5, 5.41) is 14.3. The van der Waals surface area contributed by atoms with Gasteiger partial charge < -0.3 is 10.1 Å². The van der Waals surface area contributed by atoms with Crippen molar-refractivity contribution in [3.05, 3.63) is 34.4 Å². The molecule has 1 aromatic rings. The summed E-state index contributed by atoms with van der Waals surface area (Å²) in [5.74, 6) is 0.575. The molecular formula is C15H22N2O3. The molecule has 0 saturated heterocycles. The smallest absolute Gasteiger partial charge is 0.273 e. The monoisotopic (exact) mass is 278 g/mol. The van der Waals surface area contributed by atoms with Crippen LogP contribution in [0.15, 0.2) is 24.3 Å². The molecule has 1 aliphatic rings. The van der Waals surface area contributed by atoms with Gasteiger partial charge in [0.1, 0.15) is 11.9 Å². The summed E-state index contributed by atoms with van der Waals surface area (Å²) in [6.07, 6.45) is 2.15. The first-order valence-electron chi connectivity index (χ1n) is 7.09. The van der Waals surface area contributed by atoms with Crippen molar-refractivity contribution >= 4 is 5.69 Å². The highest BCUT2D eigenvalue weighted by molar-refractivity contribution is 5.38. The fourth-order valence-electron chi connectivity index (χ4n) is 2.59. The van der Waals surface area contributed by atoms with Gasteiger partial charge in [0.15, 0.2) is 0 Å². The van der Waals surface area contributed by atoms with E-state index >= 15 is 0 Å². The fourth-order valence-corrected chi connectivity index (χ4v) is 2.59. The number of benzene rings is 1. The van der Waals surface area contributed by atoms with Crippen LogP contribution >= 0.6 is 0 Å². The molecule has 1 fully saturated rings. The number of rotatable bonds is 6. The third-order valence-corrected chi connectivity index (χ3v) is 4.13. The molecule has 0 aliphatic heterocycles. The van der Waals surface area contributed by atoms with Gasteiger partial charge in [-0.3, -0.25) is 10.1 Å². The topological polar surface area (TPSA) is 64.4 Å². The third kappa shape index (κ3) is 2.93. The quantitative estimate of drug-likeness (QED) is 0.641. The molecule has 0 radical (unpaired) electrons. The molecule has 20 heavy (non-hydrogen) atoms. The first kappa shape index (κ1) is 14.8. The second-order valence-electron chi connectivity index (χ2n) is 5.92. The number of non-ortho nitro benzene ring substituents is 1. The minimum Gasteiger partial charge on any atom is -0.489 e. The second kappa shape index (κ2) is 5.79. The van der Waals surface area contributed by atoms with Crippen molar-refractivity contribution in [2.45, 2.75) is 45.8 Å². The molecule has 2 atom stereocenters. The van der Waals surface area contributed by atoms with Crippen molar-refractivity contribution in [1.29, 1.82) is 0 Å². The Labute approximate surface area is 119 Å². The van der Waals surface area contributed by atoms with Gasteiger partial charge in [0.25, 0.3) is 5.69 Å². The zero-order valence-corrected chi connectivity index (χ0v) is 12.3. The number of nitrogens with one attached hydrogen (secondary N) is 1. The van der Waals surface area contributed by atoms with E-state index in [1.807, 2.05) is 0 Å². The van der Waals surface area contributed by atoms with Crippen molar-refractivity contribution < 1.29 is 9.66 Å². The van der Waals surface area contributed by atoms with E-state index in [0.29, 0.717) is 11.8 Å². The molecule has 1 saturated carbocycles. The van der Waals surface area contributed by atoms with E-state index < -0.39 is 4.92 Å². The zero-order valence-electron chi connectivity index (χ0n) is 12.3. The summed E-state index contributed by atoms with van der Waals surface area (Å²) < 4.78 is 5.92. The predicted molar refractivity (Wildman–Crippen MR) is 78.0 cm³/mol. The summed E-state index contributed by atoms with van der Waals surface area (Å²) in [7, 11) is 0. The van der Waals surface area contributed by atoms with E-state index in [4.69, 9.17) is 4.74 Å². The number of ether oxygens (including phenoxy) is 1. The zero-order chi connectivity index (χ0) is 14.8. The fraction of sp³-hybridized carbons (Fsp3) is 0.600. The first-order valence-corrected chi connectivity index (χ1v) is 7.09. The molecule has 0 bridgehead atoms. The van der Waals surface area contributed by atoms with Crippen molar-refractivity contribution in [3.8, 4) is 5.75 Å². The molecule has 5 nitrogen and oxygen atoms in total. The summed E-state index contributed by atoms with van der Waals surface area (Å²) in [6, 6.07) is 6.85. The van der Waals surface area contributed by atoms with Crippen LogP contribution in [0.3, 0.4) is 0 Å². The van der Waals surface area contributed by atoms with E-state index in [1.165, 1.54) is 12.1 Å². The highest BCUT2D eigenvalue weighted by Gasteiger charge is 2.49. The number of hydrogen-bond donors (Lipinski definition) is 1. The average Bonchev–Trinajstić information content (AvgIpc) is 2.42. The Kier molecular flexibility index (Phi) is 4.28. The predicted octanol–water partition coefficient (Wildman–Crippen LogP) is 3.14. The van der Waals surface area contributed by atoms with E-state index in [2.05, 4.69) is 26.1 Å². The molecule has 5 heteroatoms. The maximum absolute atomic E-state index is 10.8. The van der Waals surface area contributed by atoms with Gasteiger partial charge in [0, 0.05) is 23.9 Å². The molecule has 2 rings (SSSR count). The number of nitrogens with zero attached hydrogens (tertiary/aromatic N) is 1. The standard InChI is InChI=1S/C15H22N2O3/c1-4-8-16-13-10-14(15(13,2)3)20-12-7-5-6-11(9-12)17(18)19/h5-7,9,13-14,16H,4,8,10H2,1-3H3. The van der Waals surface area contributed by atoms with Crippen molar-refractivity contribution in [2.24, 2.45) is 5.41 Å². The van der Waals surface area contributed by atoms with Crippen molar-refractivity contribution in [3.63, 3.8) is 0 Å². The van der Waals surface area contributed by atoms with E-state index in [9.17, 15) is 10.1 Å². The number of nitro benzene ring substituents is 1. The van der Waals surface area contributed by atoms with Crippen LogP contribution in [0.2, 0.25) is 0 Å². The Bertz CT molecular complexity index is 488.